The standard InChI is InChI=1S/C32H39FN2O2/c33-30-13-15-31(16-14-30)34-21-17-27(18-22-34)23-35-20-8-7-19-32(35,37-25-29-11-5-2-6-12-29)26-36-24-28-9-3-1-4-10-28/h1-6,9-16,27H,7-8,17-26H2. The molecule has 0 aliphatic carbocycles. The van der Waals surface area contributed by atoms with E-state index in [1.54, 1.807) is 12.1 Å². The van der Waals surface area contributed by atoms with Gasteiger partial charge in [-0.2, -0.15) is 0 Å². The maximum atomic E-state index is 13.4. The number of benzene rings is 3. The maximum absolute atomic E-state index is 13.4. The second kappa shape index (κ2) is 12.7. The highest BCUT2D eigenvalue weighted by molar-refractivity contribution is 5.46. The lowest BCUT2D eigenvalue weighted by molar-refractivity contribution is -0.217. The number of ether oxygens (including phenoxy) is 2. The molecule has 3 aromatic carbocycles. The van der Waals surface area contributed by atoms with Crippen molar-refractivity contribution in [2.24, 2.45) is 5.92 Å². The average Bonchev–Trinajstić information content (AvgIpc) is 2.95. The first-order chi connectivity index (χ1) is 18.2. The van der Waals surface area contributed by atoms with Crippen LogP contribution in [0.25, 0.3) is 0 Å². The molecule has 196 valence electrons. The Balaban J connectivity index is 1.24. The van der Waals surface area contributed by atoms with E-state index in [1.165, 1.54) is 17.5 Å². The molecule has 1 atom stereocenters. The van der Waals surface area contributed by atoms with Crippen molar-refractivity contribution in [1.29, 1.82) is 0 Å². The molecule has 0 aromatic heterocycles. The third kappa shape index (κ3) is 6.98. The lowest BCUT2D eigenvalue weighted by Crippen LogP contribution is -2.58. The smallest absolute Gasteiger partial charge is 0.145 e. The number of hydrogen-bond donors (Lipinski definition) is 0. The molecule has 2 fully saturated rings. The summed E-state index contributed by atoms with van der Waals surface area (Å²) in [7, 11) is 0. The fourth-order valence-electron chi connectivity index (χ4n) is 5.72. The van der Waals surface area contributed by atoms with Crippen LogP contribution >= 0.6 is 0 Å². The third-order valence-electron chi connectivity index (χ3n) is 7.90. The second-order valence-corrected chi connectivity index (χ2v) is 10.5. The van der Waals surface area contributed by atoms with Gasteiger partial charge in [-0.1, -0.05) is 60.7 Å². The summed E-state index contributed by atoms with van der Waals surface area (Å²) in [6.45, 7) is 5.85. The number of hydrogen-bond acceptors (Lipinski definition) is 4. The van der Waals surface area contributed by atoms with Gasteiger partial charge in [0.2, 0.25) is 0 Å². The minimum atomic E-state index is -0.406. The van der Waals surface area contributed by atoms with E-state index in [4.69, 9.17) is 9.47 Å². The Kier molecular flexibility index (Phi) is 8.88. The van der Waals surface area contributed by atoms with Gasteiger partial charge in [0.25, 0.3) is 0 Å². The summed E-state index contributed by atoms with van der Waals surface area (Å²) in [5.74, 6) is 0.439. The average molecular weight is 503 g/mol. The minimum absolute atomic E-state index is 0.176. The summed E-state index contributed by atoms with van der Waals surface area (Å²) >= 11 is 0. The molecule has 0 N–H and O–H groups in total. The van der Waals surface area contributed by atoms with Crippen LogP contribution in [0.4, 0.5) is 10.1 Å². The van der Waals surface area contributed by atoms with E-state index < -0.39 is 5.72 Å². The predicted molar refractivity (Wildman–Crippen MR) is 147 cm³/mol. The largest absolute Gasteiger partial charge is 0.372 e. The molecule has 3 aromatic rings. The van der Waals surface area contributed by atoms with Crippen LogP contribution in [0, 0.1) is 11.7 Å². The quantitative estimate of drug-likeness (QED) is 0.310. The summed E-state index contributed by atoms with van der Waals surface area (Å²) in [5, 5.41) is 0. The minimum Gasteiger partial charge on any atom is -0.372 e. The SMILES string of the molecule is Fc1ccc(N2CCC(CN3CCCCC3(COCc3ccccc3)OCc3ccccc3)CC2)cc1. The van der Waals surface area contributed by atoms with E-state index in [2.05, 4.69) is 58.3 Å². The Bertz CT molecular complexity index is 1070. The van der Waals surface area contributed by atoms with Crippen molar-refractivity contribution in [3.8, 4) is 0 Å². The molecule has 5 rings (SSSR count). The molecule has 2 aliphatic heterocycles. The zero-order valence-corrected chi connectivity index (χ0v) is 21.7. The summed E-state index contributed by atoms with van der Waals surface area (Å²) in [4.78, 5) is 4.97. The molecular weight excluding hydrogens is 463 g/mol. The van der Waals surface area contributed by atoms with E-state index in [0.717, 1.165) is 57.5 Å². The van der Waals surface area contributed by atoms with E-state index in [-0.39, 0.29) is 5.82 Å². The van der Waals surface area contributed by atoms with Crippen LogP contribution in [0.2, 0.25) is 0 Å². The number of rotatable bonds is 10. The maximum Gasteiger partial charge on any atom is 0.145 e. The van der Waals surface area contributed by atoms with Crippen LogP contribution < -0.4 is 4.90 Å². The molecular formula is C32H39FN2O2. The van der Waals surface area contributed by atoms with E-state index in [1.807, 2.05) is 24.3 Å². The summed E-state index contributed by atoms with van der Waals surface area (Å²) < 4.78 is 26.5. The van der Waals surface area contributed by atoms with Crippen molar-refractivity contribution in [2.45, 2.75) is 51.0 Å². The molecule has 4 nitrogen and oxygen atoms in total. The molecule has 0 spiro atoms. The van der Waals surface area contributed by atoms with Crippen LogP contribution in [0.15, 0.2) is 84.9 Å². The van der Waals surface area contributed by atoms with Gasteiger partial charge in [-0.05, 0) is 73.4 Å². The Morgan fingerprint density at radius 2 is 1.41 bits per heavy atom. The van der Waals surface area contributed by atoms with Crippen molar-refractivity contribution >= 4 is 5.69 Å². The predicted octanol–water partition coefficient (Wildman–Crippen LogP) is 6.66. The Hall–Kier alpha value is -2.73. The van der Waals surface area contributed by atoms with Gasteiger partial charge in [-0.25, -0.2) is 4.39 Å². The number of piperidine rings is 2. The molecule has 2 heterocycles. The molecule has 1 unspecified atom stereocenters. The number of anilines is 1. The van der Waals surface area contributed by atoms with Gasteiger partial charge in [-0.3, -0.25) is 4.90 Å². The van der Waals surface area contributed by atoms with Crippen molar-refractivity contribution in [2.75, 3.05) is 37.7 Å². The van der Waals surface area contributed by atoms with Crippen LogP contribution in [0.1, 0.15) is 43.2 Å². The first-order valence-corrected chi connectivity index (χ1v) is 13.8. The van der Waals surface area contributed by atoms with Crippen molar-refractivity contribution in [3.05, 3.63) is 102 Å². The third-order valence-corrected chi connectivity index (χ3v) is 7.90. The van der Waals surface area contributed by atoms with Gasteiger partial charge in [0.1, 0.15) is 11.5 Å². The molecule has 0 amide bonds. The molecule has 2 saturated heterocycles. The zero-order chi connectivity index (χ0) is 25.3. The van der Waals surface area contributed by atoms with Gasteiger partial charge >= 0.3 is 0 Å². The number of likely N-dealkylation sites (tertiary alicyclic amines) is 1. The summed E-state index contributed by atoms with van der Waals surface area (Å²) in [6, 6.07) is 27.8. The van der Waals surface area contributed by atoms with E-state index in [0.29, 0.717) is 25.7 Å². The highest BCUT2D eigenvalue weighted by Crippen LogP contribution is 2.34. The monoisotopic (exact) mass is 502 g/mol. The van der Waals surface area contributed by atoms with Crippen LogP contribution in [0.5, 0.6) is 0 Å². The molecule has 0 saturated carbocycles. The summed E-state index contributed by atoms with van der Waals surface area (Å²) in [5.41, 5.74) is 3.10. The van der Waals surface area contributed by atoms with Crippen LogP contribution in [-0.2, 0) is 22.7 Å². The molecule has 37 heavy (non-hydrogen) atoms. The lowest BCUT2D eigenvalue weighted by Gasteiger charge is -2.48. The fourth-order valence-corrected chi connectivity index (χ4v) is 5.72. The topological polar surface area (TPSA) is 24.9 Å². The molecule has 5 heteroatoms. The Morgan fingerprint density at radius 3 is 2.08 bits per heavy atom. The first-order valence-electron chi connectivity index (χ1n) is 13.8. The van der Waals surface area contributed by atoms with Crippen molar-refractivity contribution in [1.82, 2.24) is 4.90 Å². The highest BCUT2D eigenvalue weighted by atomic mass is 19.1. The second-order valence-electron chi connectivity index (χ2n) is 10.5. The lowest BCUT2D eigenvalue weighted by atomic mass is 9.91. The Morgan fingerprint density at radius 1 is 0.757 bits per heavy atom. The summed E-state index contributed by atoms with van der Waals surface area (Å²) in [6.07, 6.45) is 5.61. The van der Waals surface area contributed by atoms with Gasteiger partial charge < -0.3 is 14.4 Å². The van der Waals surface area contributed by atoms with Crippen LogP contribution in [0.3, 0.4) is 0 Å². The highest BCUT2D eigenvalue weighted by Gasteiger charge is 2.41. The van der Waals surface area contributed by atoms with Gasteiger partial charge in [-0.15, -0.1) is 0 Å². The fraction of sp³-hybridized carbons (Fsp3) is 0.438. The first kappa shape index (κ1) is 25.9. The van der Waals surface area contributed by atoms with Crippen molar-refractivity contribution in [3.63, 3.8) is 0 Å². The van der Waals surface area contributed by atoms with Crippen LogP contribution in [-0.4, -0.2) is 43.4 Å². The van der Waals surface area contributed by atoms with Gasteiger partial charge in [0, 0.05) is 31.9 Å². The molecule has 0 radical (unpaired) electrons. The number of nitrogens with zero attached hydrogens (tertiary/aromatic N) is 2. The molecule has 2 aliphatic rings. The Labute approximate surface area is 221 Å². The normalized spacial score (nSPS) is 21.3. The molecule has 0 bridgehead atoms. The van der Waals surface area contributed by atoms with Gasteiger partial charge in [0.15, 0.2) is 0 Å². The van der Waals surface area contributed by atoms with Gasteiger partial charge in [0.05, 0.1) is 19.8 Å². The zero-order valence-electron chi connectivity index (χ0n) is 21.7. The number of halogens is 1. The van der Waals surface area contributed by atoms with Crippen molar-refractivity contribution < 1.29 is 13.9 Å². The van der Waals surface area contributed by atoms with E-state index in [9.17, 15) is 4.39 Å². The van der Waals surface area contributed by atoms with E-state index >= 15 is 0 Å².